The van der Waals surface area contributed by atoms with E-state index in [-0.39, 0.29) is 29.8 Å². The van der Waals surface area contributed by atoms with Gasteiger partial charge in [-0.1, -0.05) is 171 Å². The first-order valence-electron chi connectivity index (χ1n) is 22.8. The molecule has 0 radical (unpaired) electrons. The SMILES string of the molecule is CCC1C(c2ccc3c4ccccc4n(-c4ccccc4)c3c2)=C(C)CC(c2ccccc2)NC1c1cc(C(C)C2c3ccccc3-c3ccccc32)cc2sc3ccccc3c12. The number of thiophene rings is 1. The van der Waals surface area contributed by atoms with E-state index in [1.807, 2.05) is 11.3 Å². The van der Waals surface area contributed by atoms with E-state index in [1.54, 1.807) is 0 Å². The highest BCUT2D eigenvalue weighted by atomic mass is 32.1. The van der Waals surface area contributed by atoms with Crippen LogP contribution < -0.4 is 5.32 Å². The van der Waals surface area contributed by atoms with Crippen molar-refractivity contribution in [1.29, 1.82) is 0 Å². The number of hydrogen-bond donors (Lipinski definition) is 1. The van der Waals surface area contributed by atoms with Gasteiger partial charge in [0.2, 0.25) is 0 Å². The summed E-state index contributed by atoms with van der Waals surface area (Å²) in [5, 5.41) is 9.79. The molecule has 63 heavy (non-hydrogen) atoms. The fourth-order valence-corrected chi connectivity index (χ4v) is 12.9. The molecule has 4 unspecified atom stereocenters. The van der Waals surface area contributed by atoms with Crippen LogP contribution in [0.2, 0.25) is 0 Å². The van der Waals surface area contributed by atoms with Crippen LogP contribution in [0.25, 0.3) is 64.4 Å². The van der Waals surface area contributed by atoms with Gasteiger partial charge in [-0.25, -0.2) is 0 Å². The lowest BCUT2D eigenvalue weighted by Crippen LogP contribution is -2.31. The lowest BCUT2D eigenvalue weighted by Gasteiger charge is -2.33. The minimum absolute atomic E-state index is 0.0548. The molecule has 2 nitrogen and oxygen atoms in total. The summed E-state index contributed by atoms with van der Waals surface area (Å²) in [4.78, 5) is 0. The van der Waals surface area contributed by atoms with Crippen molar-refractivity contribution in [1.82, 2.24) is 9.88 Å². The molecule has 12 rings (SSSR count). The number of nitrogens with one attached hydrogen (secondary N) is 1. The zero-order valence-corrected chi connectivity index (χ0v) is 36.9. The Bertz CT molecular complexity index is 3340. The molecule has 2 aromatic heterocycles. The van der Waals surface area contributed by atoms with Gasteiger partial charge in [-0.3, -0.25) is 0 Å². The average Bonchev–Trinajstić information content (AvgIpc) is 3.96. The highest BCUT2D eigenvalue weighted by Gasteiger charge is 2.37. The van der Waals surface area contributed by atoms with E-state index < -0.39 is 0 Å². The lowest BCUT2D eigenvalue weighted by atomic mass is 9.77. The number of benzene rings is 8. The Labute approximate surface area is 374 Å². The van der Waals surface area contributed by atoms with Crippen molar-refractivity contribution >= 4 is 58.9 Å². The average molecular weight is 831 g/mol. The van der Waals surface area contributed by atoms with Crippen molar-refractivity contribution in [3.63, 3.8) is 0 Å². The maximum Gasteiger partial charge on any atom is 0.0547 e. The molecule has 0 saturated heterocycles. The van der Waals surface area contributed by atoms with E-state index in [0.29, 0.717) is 0 Å². The van der Waals surface area contributed by atoms with E-state index in [2.05, 4.69) is 219 Å². The quantitative estimate of drug-likeness (QED) is 0.169. The summed E-state index contributed by atoms with van der Waals surface area (Å²) in [5.41, 5.74) is 17.8. The molecule has 10 aromatic rings. The minimum atomic E-state index is 0.0548. The topological polar surface area (TPSA) is 17.0 Å². The van der Waals surface area contributed by atoms with E-state index in [1.165, 1.54) is 103 Å². The third-order valence-electron chi connectivity index (χ3n) is 14.5. The number of nitrogens with zero attached hydrogens (tertiary/aromatic N) is 1. The Morgan fingerprint density at radius 1 is 0.603 bits per heavy atom. The predicted octanol–water partition coefficient (Wildman–Crippen LogP) is 16.3. The number of rotatable bonds is 7. The van der Waals surface area contributed by atoms with Gasteiger partial charge in [0.15, 0.2) is 0 Å². The molecule has 8 aromatic carbocycles. The van der Waals surface area contributed by atoms with Gasteiger partial charge in [0.1, 0.15) is 0 Å². The first kappa shape index (κ1) is 38.2. The lowest BCUT2D eigenvalue weighted by molar-refractivity contribution is 0.383. The van der Waals surface area contributed by atoms with Gasteiger partial charge in [0, 0.05) is 60.6 Å². The van der Waals surface area contributed by atoms with Crippen LogP contribution in [0.5, 0.6) is 0 Å². The Balaban J connectivity index is 1.08. The standard InChI is InChI=1S/C60H50N2S/c1-4-43-57(40-31-32-47-46-25-15-17-29-53(46)62(54(47)35-40)42-21-9-6-10-22-42)37(2)33-52(39-19-7-5-8-20-39)61-60(43)51-34-41(36-56-59(51)50-28-16-18-30-55(50)63-56)38(3)58-48-26-13-11-23-44(48)45-24-12-14-27-49(45)58/h5-32,34-36,38,43,52,58,60-61H,4,33H2,1-3H3. The zero-order valence-electron chi connectivity index (χ0n) is 36.1. The second-order valence-corrected chi connectivity index (χ2v) is 19.0. The first-order chi connectivity index (χ1) is 31.1. The fraction of sp³-hybridized carbons (Fsp3) is 0.167. The van der Waals surface area contributed by atoms with Gasteiger partial charge in [0.25, 0.3) is 0 Å². The first-order valence-corrected chi connectivity index (χ1v) is 23.6. The van der Waals surface area contributed by atoms with Crippen molar-refractivity contribution in [2.75, 3.05) is 0 Å². The summed E-state index contributed by atoms with van der Waals surface area (Å²) in [5.74, 6) is 0.753. The minimum Gasteiger partial charge on any atom is -0.309 e. The molecule has 2 aliphatic rings. The van der Waals surface area contributed by atoms with Crippen LogP contribution >= 0.6 is 11.3 Å². The van der Waals surface area contributed by atoms with E-state index >= 15 is 0 Å². The van der Waals surface area contributed by atoms with Gasteiger partial charge >= 0.3 is 0 Å². The van der Waals surface area contributed by atoms with Crippen LogP contribution in [0.15, 0.2) is 194 Å². The van der Waals surface area contributed by atoms with Gasteiger partial charge in [-0.15, -0.1) is 11.3 Å². The molecule has 0 amide bonds. The van der Waals surface area contributed by atoms with E-state index in [4.69, 9.17) is 0 Å². The summed E-state index contributed by atoms with van der Waals surface area (Å²) < 4.78 is 5.20. The Morgan fingerprint density at radius 2 is 1.24 bits per heavy atom. The zero-order chi connectivity index (χ0) is 42.2. The third-order valence-corrected chi connectivity index (χ3v) is 15.7. The van der Waals surface area contributed by atoms with Gasteiger partial charge in [-0.2, -0.15) is 0 Å². The number of aromatic nitrogens is 1. The molecule has 3 heterocycles. The molecule has 0 saturated carbocycles. The largest absolute Gasteiger partial charge is 0.309 e. The molecule has 306 valence electrons. The molecular formula is C60H50N2S. The van der Waals surface area contributed by atoms with E-state index in [0.717, 1.165) is 12.8 Å². The van der Waals surface area contributed by atoms with E-state index in [9.17, 15) is 0 Å². The summed E-state index contributed by atoms with van der Waals surface area (Å²) >= 11 is 1.95. The molecule has 4 atom stereocenters. The highest BCUT2D eigenvalue weighted by Crippen LogP contribution is 2.54. The fourth-order valence-electron chi connectivity index (χ4n) is 11.7. The van der Waals surface area contributed by atoms with Crippen molar-refractivity contribution < 1.29 is 0 Å². The number of hydrogen-bond acceptors (Lipinski definition) is 2. The van der Waals surface area contributed by atoms with Crippen LogP contribution in [0.4, 0.5) is 0 Å². The van der Waals surface area contributed by atoms with Crippen molar-refractivity contribution in [3.05, 3.63) is 227 Å². The van der Waals surface area contributed by atoms with Crippen LogP contribution in [-0.2, 0) is 0 Å². The summed E-state index contributed by atoms with van der Waals surface area (Å²) in [6.07, 6.45) is 1.93. The van der Waals surface area contributed by atoms with Gasteiger partial charge in [0.05, 0.1) is 11.0 Å². The molecule has 1 N–H and O–H groups in total. The van der Waals surface area contributed by atoms with Crippen LogP contribution in [0, 0.1) is 5.92 Å². The molecule has 1 aliphatic carbocycles. The second kappa shape index (κ2) is 15.4. The molecule has 0 spiro atoms. The maximum atomic E-state index is 4.45. The smallest absolute Gasteiger partial charge is 0.0547 e. The molecule has 1 aliphatic heterocycles. The summed E-state index contributed by atoms with van der Waals surface area (Å²) in [6, 6.07) is 71.0. The second-order valence-electron chi connectivity index (χ2n) is 18.0. The molecule has 0 bridgehead atoms. The van der Waals surface area contributed by atoms with Gasteiger partial charge < -0.3 is 9.88 Å². The highest BCUT2D eigenvalue weighted by molar-refractivity contribution is 7.25. The summed E-state index contributed by atoms with van der Waals surface area (Å²) in [6.45, 7) is 7.30. The Kier molecular flexibility index (Phi) is 9.32. The third kappa shape index (κ3) is 6.16. The monoisotopic (exact) mass is 830 g/mol. The van der Waals surface area contributed by atoms with Crippen LogP contribution in [0.3, 0.4) is 0 Å². The maximum absolute atomic E-state index is 4.45. The van der Waals surface area contributed by atoms with Crippen LogP contribution in [-0.4, -0.2) is 4.57 Å². The molecule has 3 heteroatoms. The predicted molar refractivity (Wildman–Crippen MR) is 268 cm³/mol. The summed E-state index contributed by atoms with van der Waals surface area (Å²) in [7, 11) is 0. The van der Waals surface area contributed by atoms with Crippen molar-refractivity contribution in [3.8, 4) is 16.8 Å². The molecule has 0 fully saturated rings. The van der Waals surface area contributed by atoms with Crippen molar-refractivity contribution in [2.45, 2.75) is 57.5 Å². The van der Waals surface area contributed by atoms with Crippen molar-refractivity contribution in [2.24, 2.45) is 5.92 Å². The number of fused-ring (bicyclic) bond motifs is 9. The number of para-hydroxylation sites is 2. The Hall–Kier alpha value is -6.52. The normalized spacial score (nSPS) is 18.3. The Morgan fingerprint density at radius 3 is 1.98 bits per heavy atom. The van der Waals surface area contributed by atoms with Gasteiger partial charge in [-0.05, 0) is 112 Å². The van der Waals surface area contributed by atoms with Crippen LogP contribution in [0.1, 0.15) is 90.9 Å². The molecular weight excluding hydrogens is 781 g/mol.